The first-order valence-corrected chi connectivity index (χ1v) is 31.3. The summed E-state index contributed by atoms with van der Waals surface area (Å²) in [6.45, 7) is 31.4. The minimum absolute atomic E-state index is 0. The van der Waals surface area contributed by atoms with Crippen LogP contribution in [0.25, 0.3) is 0 Å². The molecule has 0 radical (unpaired) electrons. The number of amides is 4. The van der Waals surface area contributed by atoms with Gasteiger partial charge in [-0.1, -0.05) is 101 Å². The molecular weight excluding hydrogens is 1600 g/mol. The number of alkyl carbamates (subject to hydrolysis) is 2. The summed E-state index contributed by atoms with van der Waals surface area (Å²) in [4.78, 5) is 107. The maximum absolute atomic E-state index is 12.9. The second-order valence-corrected chi connectivity index (χ2v) is 27.5. The molecule has 0 aliphatic heterocycles. The van der Waals surface area contributed by atoms with Gasteiger partial charge in [-0.05, 0) is 173 Å². The molecule has 4 aromatic carbocycles. The molecular formula is C68H96Cl3Cs2FN4O21. The number of nitrogens with one attached hydrogen (secondary N) is 4. The number of esters is 1. The molecule has 25 nitrogen and oxygen atoms in total. The zero-order chi connectivity index (χ0) is 75.4. The molecule has 99 heavy (non-hydrogen) atoms. The number of halogens is 4. The number of carboxylic acid groups (broad SMARTS) is 1. The van der Waals surface area contributed by atoms with E-state index in [1.54, 1.807) is 114 Å². The fourth-order valence-corrected chi connectivity index (χ4v) is 7.40. The first kappa shape index (κ1) is 96.8. The summed E-state index contributed by atoms with van der Waals surface area (Å²) in [6.07, 6.45) is -4.53. The molecule has 5 N–H and O–H groups in total. The van der Waals surface area contributed by atoms with Crippen molar-refractivity contribution in [2.75, 3.05) is 33.3 Å². The number of ether oxygens (including phenoxy) is 9. The molecule has 0 spiro atoms. The van der Waals surface area contributed by atoms with Gasteiger partial charge in [0.05, 0.1) is 21.6 Å². The third kappa shape index (κ3) is 46.2. The van der Waals surface area contributed by atoms with Crippen LogP contribution in [0, 0.1) is 10.8 Å². The van der Waals surface area contributed by atoms with E-state index in [9.17, 15) is 42.7 Å². The van der Waals surface area contributed by atoms with Gasteiger partial charge in [-0.2, -0.15) is 0 Å². The molecule has 0 bridgehead atoms. The Bertz CT molecular complexity index is 3120. The van der Waals surface area contributed by atoms with E-state index >= 15 is 0 Å². The van der Waals surface area contributed by atoms with Crippen molar-refractivity contribution in [1.29, 1.82) is 0 Å². The minimum Gasteiger partial charge on any atom is -1.00 e. The molecule has 4 amide bonds. The Balaban J connectivity index is -0.000000710. The fourth-order valence-electron chi connectivity index (χ4n) is 7.07. The van der Waals surface area contributed by atoms with Gasteiger partial charge < -0.3 is 80.6 Å². The summed E-state index contributed by atoms with van der Waals surface area (Å²) >= 11 is 17.2. The monoisotopic (exact) mass is 1700 g/mol. The predicted octanol–water partition coefficient (Wildman–Crippen LogP) is 6.81. The third-order valence-corrected chi connectivity index (χ3v) is 12.7. The van der Waals surface area contributed by atoms with E-state index in [1.165, 1.54) is 41.5 Å². The van der Waals surface area contributed by atoms with Crippen LogP contribution in [0.4, 0.5) is 23.6 Å². The van der Waals surface area contributed by atoms with Gasteiger partial charge in [0.15, 0.2) is 16.8 Å². The standard InChI is InChI=1S/C33H45ClN2O9.C19H20ClNO4.C14H26ClNO5.CH3F.CH2O3.2Cs.H/c1-21(42-30(40)43-26(31(2,3)4)20-36-29(39)45-32(5,6)7)41-28(38)33(8,9)44-25-16-10-22(11-17-25)18-19-35-27(37)23-12-14-24(34)15-13-23;1-19(2,18(23)24)25-16-9-3-13(4-10-16)11-12-21-17(22)14-5-7-15(20)8-6-14;1-9(15)19-12(18)20-10(13(2,3)4)8-16-11(17)21-14(5,6)7;1-2;2-1-4-3;;;/h10-17,21,26H,18-20H2,1-9H3,(H,35,37)(H,36,39);3-10H,11-12H2,1-2H3,(H,21,22)(H,23,24);9-10H,8H2,1-7H3,(H,16,17);1H3;1,3H;;;/q;;;;;2*+1;-1/p-1/i;;;1D;;;;. The molecule has 544 valence electrons. The van der Waals surface area contributed by atoms with Crippen LogP contribution in [0.1, 0.15) is 159 Å². The number of carboxylic acids is 1. The van der Waals surface area contributed by atoms with Crippen molar-refractivity contribution < 1.29 is 246 Å². The normalized spacial score (nSPS) is 12.3. The third-order valence-electron chi connectivity index (χ3n) is 12.1. The van der Waals surface area contributed by atoms with E-state index in [-0.39, 0.29) is 176 Å². The van der Waals surface area contributed by atoms with Gasteiger partial charge in [0.25, 0.3) is 18.3 Å². The number of rotatable bonds is 24. The van der Waals surface area contributed by atoms with Crippen LogP contribution in [0.5, 0.6) is 11.5 Å². The van der Waals surface area contributed by atoms with E-state index in [4.69, 9.17) is 94.0 Å². The van der Waals surface area contributed by atoms with Crippen LogP contribution in [0.3, 0.4) is 0 Å². The minimum atomic E-state index is -1.42. The summed E-state index contributed by atoms with van der Waals surface area (Å²) in [6, 6.07) is 27.6. The number of hydrogen-bond donors (Lipinski definition) is 5. The zero-order valence-corrected chi connectivity index (χ0v) is 75.0. The number of aliphatic carboxylic acids is 1. The molecule has 0 saturated carbocycles. The summed E-state index contributed by atoms with van der Waals surface area (Å²) < 4.78 is 62.9. The molecule has 0 aliphatic rings. The van der Waals surface area contributed by atoms with Crippen molar-refractivity contribution >= 4 is 89.5 Å². The smallest absolute Gasteiger partial charge is 1.00 e. The van der Waals surface area contributed by atoms with Crippen molar-refractivity contribution in [2.24, 2.45) is 10.8 Å². The van der Waals surface area contributed by atoms with Crippen LogP contribution in [-0.4, -0.2) is 140 Å². The molecule has 4 unspecified atom stereocenters. The van der Waals surface area contributed by atoms with E-state index in [0.29, 0.717) is 58.6 Å². The maximum Gasteiger partial charge on any atom is 1.00 e. The van der Waals surface area contributed by atoms with Crippen molar-refractivity contribution in [3.8, 4) is 11.5 Å². The predicted molar refractivity (Wildman–Crippen MR) is 361 cm³/mol. The topological polar surface area (TPSA) is 337 Å². The summed E-state index contributed by atoms with van der Waals surface area (Å²) in [7, 11) is -1.00. The first-order chi connectivity index (χ1) is 45.2. The quantitative estimate of drug-likeness (QED) is 0.00914. The summed E-state index contributed by atoms with van der Waals surface area (Å²) in [5.74, 6) is -1.23. The van der Waals surface area contributed by atoms with Gasteiger partial charge in [0, 0.05) is 52.0 Å². The van der Waals surface area contributed by atoms with E-state index in [0.717, 1.165) is 11.1 Å². The largest absolute Gasteiger partial charge is 1.00 e. The molecule has 0 saturated heterocycles. The van der Waals surface area contributed by atoms with Crippen LogP contribution < -0.4 is 174 Å². The maximum atomic E-state index is 12.9. The summed E-state index contributed by atoms with van der Waals surface area (Å²) in [5.41, 5.74) is -2.64. The van der Waals surface area contributed by atoms with Crippen molar-refractivity contribution in [3.05, 3.63) is 129 Å². The van der Waals surface area contributed by atoms with E-state index in [2.05, 4.69) is 26.2 Å². The Morgan fingerprint density at radius 2 is 0.869 bits per heavy atom. The molecule has 0 aromatic heterocycles. The van der Waals surface area contributed by atoms with E-state index in [1.807, 2.05) is 65.8 Å². The molecule has 0 heterocycles. The Kier molecular flexibility index (Phi) is 47.6. The molecule has 0 aliphatic carbocycles. The van der Waals surface area contributed by atoms with Gasteiger partial charge in [-0.3, -0.25) is 18.8 Å². The van der Waals surface area contributed by atoms with Crippen LogP contribution >= 0.6 is 34.8 Å². The van der Waals surface area contributed by atoms with Gasteiger partial charge in [-0.15, -0.1) is 0 Å². The van der Waals surface area contributed by atoms with Crippen molar-refractivity contribution in [3.63, 3.8) is 0 Å². The number of carbonyl (C=O) groups is 9. The molecule has 0 fully saturated rings. The Hall–Kier alpha value is -4.23. The number of alkyl halides is 2. The zero-order valence-electron chi connectivity index (χ0n) is 62.2. The Morgan fingerprint density at radius 3 is 1.16 bits per heavy atom. The van der Waals surface area contributed by atoms with Gasteiger partial charge >= 0.3 is 174 Å². The van der Waals surface area contributed by atoms with Gasteiger partial charge in [-0.25, -0.2) is 28.8 Å². The molecule has 4 rings (SSSR count). The SMILES string of the molecule is CC(C)(Oc1ccc(CCNC(=O)c2ccc(Cl)cc2)cc1)C(=O)O.CC(Cl)OC(=O)OC(CNC(=O)OC(C)(C)C)C(C)(C)C.CC(OC(=O)OC(CNC(=O)OC(C)(C)C)C(C)(C)C)OC(=O)C(C)(C)Oc1ccc(CCNC(=O)c2ccc(Cl)cc2)cc1.O=CO[O-].[2H]CF.[Cs+].[Cs+].[H-]. The van der Waals surface area contributed by atoms with Crippen LogP contribution in [0.2, 0.25) is 10.0 Å². The van der Waals surface area contributed by atoms with E-state index < -0.39 is 95.5 Å². The molecule has 4 aromatic rings. The fraction of sp³-hybridized carbons (Fsp3) is 0.515. The van der Waals surface area contributed by atoms with Crippen LogP contribution in [0.15, 0.2) is 97.1 Å². The first-order valence-electron chi connectivity index (χ1n) is 30.9. The van der Waals surface area contributed by atoms with Crippen molar-refractivity contribution in [2.45, 2.75) is 184 Å². The number of hydrogen-bond acceptors (Lipinski definition) is 20. The molecule has 31 heteroatoms. The second kappa shape index (κ2) is 48.7. The molecule has 4 atom stereocenters. The number of benzene rings is 4. The average Bonchev–Trinajstić information content (AvgIpc) is 0.857. The Morgan fingerprint density at radius 1 is 0.545 bits per heavy atom. The Labute approximate surface area is 716 Å². The van der Waals surface area contributed by atoms with Gasteiger partial charge in [0.1, 0.15) is 34.9 Å². The van der Waals surface area contributed by atoms with Gasteiger partial charge in [0.2, 0.25) is 6.29 Å². The number of carbonyl (C=O) groups excluding carboxylic acids is 8. The summed E-state index contributed by atoms with van der Waals surface area (Å²) in [5, 5.41) is 29.5. The van der Waals surface area contributed by atoms with Crippen molar-refractivity contribution in [1.82, 2.24) is 21.3 Å². The van der Waals surface area contributed by atoms with Crippen LogP contribution in [-0.2, 0) is 65.3 Å². The average molecular weight is 1700 g/mol. The second-order valence-electron chi connectivity index (χ2n) is 26.0.